The molecule has 0 unspecified atom stereocenters. The lowest BCUT2D eigenvalue weighted by atomic mass is 10.0. The third kappa shape index (κ3) is 6.75. The second kappa shape index (κ2) is 13.6. The van der Waals surface area contributed by atoms with Gasteiger partial charge in [0.05, 0.1) is 42.2 Å². The van der Waals surface area contributed by atoms with Crippen LogP contribution in [0.15, 0.2) is 36.4 Å². The average Bonchev–Trinajstić information content (AvgIpc) is 3.55. The Bertz CT molecular complexity index is 1510. The molecule has 2 saturated heterocycles. The van der Waals surface area contributed by atoms with Crippen molar-refractivity contribution < 1.29 is 24.2 Å². The largest absolute Gasteiger partial charge is 0.493 e. The zero-order valence-corrected chi connectivity index (χ0v) is 24.8. The van der Waals surface area contributed by atoms with Gasteiger partial charge < -0.3 is 34.6 Å². The first-order valence-corrected chi connectivity index (χ1v) is 14.9. The lowest BCUT2D eigenvalue weighted by Gasteiger charge is -2.37. The highest BCUT2D eigenvalue weighted by Gasteiger charge is 2.29. The standard InChI is InChI=1S/C32H38N6O5/c1-3-25-29(31(39)40)30(37-14-16-38(17-15-37)32(41)34-23-9-7-22(21-33)8-10-23)24-19-27(42-2)28(20-26(24)35-25)43-18-6-13-36-11-4-5-12-36/h7-10,19-20H,3-6,11-18H2,1-2H3,(H,34,41)(H,39,40). The van der Waals surface area contributed by atoms with Crippen LogP contribution in [0.1, 0.15) is 47.8 Å². The highest BCUT2D eigenvalue weighted by molar-refractivity contribution is 6.06. The van der Waals surface area contributed by atoms with Gasteiger partial charge in [0.1, 0.15) is 5.56 Å². The molecule has 2 N–H and O–H groups in total. The van der Waals surface area contributed by atoms with E-state index in [-0.39, 0.29) is 11.6 Å². The molecule has 11 heteroatoms. The number of piperazine rings is 1. The van der Waals surface area contributed by atoms with Gasteiger partial charge in [0.25, 0.3) is 0 Å². The maximum Gasteiger partial charge on any atom is 0.339 e. The summed E-state index contributed by atoms with van der Waals surface area (Å²) in [4.78, 5) is 36.5. The summed E-state index contributed by atoms with van der Waals surface area (Å²) in [6, 6.07) is 12.2. The minimum Gasteiger partial charge on any atom is -0.493 e. The molecule has 0 atom stereocenters. The van der Waals surface area contributed by atoms with E-state index in [9.17, 15) is 14.7 Å². The smallest absolute Gasteiger partial charge is 0.339 e. The lowest BCUT2D eigenvalue weighted by molar-refractivity contribution is 0.0695. The predicted molar refractivity (Wildman–Crippen MR) is 164 cm³/mol. The van der Waals surface area contributed by atoms with E-state index in [1.165, 1.54) is 12.8 Å². The molecule has 2 amide bonds. The molecular weight excluding hydrogens is 548 g/mol. The van der Waals surface area contributed by atoms with E-state index in [0.717, 1.165) is 26.1 Å². The topological polar surface area (TPSA) is 131 Å². The Hall–Kier alpha value is -4.56. The number of carbonyl (C=O) groups excluding carboxylic acids is 1. The summed E-state index contributed by atoms with van der Waals surface area (Å²) < 4.78 is 11.8. The van der Waals surface area contributed by atoms with Crippen LogP contribution in [0.3, 0.4) is 0 Å². The van der Waals surface area contributed by atoms with Gasteiger partial charge >= 0.3 is 12.0 Å². The summed E-state index contributed by atoms with van der Waals surface area (Å²) >= 11 is 0. The molecule has 2 aliphatic heterocycles. The summed E-state index contributed by atoms with van der Waals surface area (Å²) in [5, 5.41) is 22.9. The molecule has 5 rings (SSSR count). The number of aryl methyl sites for hydroxylation is 1. The number of rotatable bonds is 10. The minimum atomic E-state index is -1.04. The Morgan fingerprint density at radius 1 is 1.05 bits per heavy atom. The average molecular weight is 587 g/mol. The van der Waals surface area contributed by atoms with E-state index in [4.69, 9.17) is 19.7 Å². The Morgan fingerprint density at radius 3 is 2.40 bits per heavy atom. The SMILES string of the molecule is CCc1nc2cc(OCCCN3CCCC3)c(OC)cc2c(N2CCN(C(=O)Nc3ccc(C#N)cc3)CC2)c1C(=O)O. The number of amides is 2. The molecule has 0 bridgehead atoms. The number of benzene rings is 2. The van der Waals surface area contributed by atoms with Crippen LogP contribution in [0.4, 0.5) is 16.2 Å². The first-order valence-electron chi connectivity index (χ1n) is 14.9. The van der Waals surface area contributed by atoms with Crippen molar-refractivity contribution in [2.24, 2.45) is 0 Å². The van der Waals surface area contributed by atoms with E-state index >= 15 is 0 Å². The van der Waals surface area contributed by atoms with Crippen LogP contribution in [-0.4, -0.2) is 91.4 Å². The number of aromatic carboxylic acids is 1. The number of pyridine rings is 1. The van der Waals surface area contributed by atoms with Crippen molar-refractivity contribution in [1.29, 1.82) is 5.26 Å². The number of carboxylic acid groups (broad SMARTS) is 1. The third-order valence-corrected chi connectivity index (χ3v) is 8.09. The number of carbonyl (C=O) groups is 2. The maximum atomic E-state index is 13.0. The Morgan fingerprint density at radius 2 is 1.77 bits per heavy atom. The van der Waals surface area contributed by atoms with Gasteiger partial charge in [-0.25, -0.2) is 9.59 Å². The van der Waals surface area contributed by atoms with Gasteiger partial charge in [-0.2, -0.15) is 5.26 Å². The number of nitriles is 1. The number of ether oxygens (including phenoxy) is 2. The van der Waals surface area contributed by atoms with Crippen molar-refractivity contribution >= 4 is 34.3 Å². The zero-order valence-electron chi connectivity index (χ0n) is 24.8. The Balaban J connectivity index is 1.36. The number of nitrogens with one attached hydrogen (secondary N) is 1. The van der Waals surface area contributed by atoms with Crippen molar-refractivity contribution in [3.63, 3.8) is 0 Å². The number of fused-ring (bicyclic) bond motifs is 1. The maximum absolute atomic E-state index is 13.0. The number of hydrogen-bond acceptors (Lipinski definition) is 8. The van der Waals surface area contributed by atoms with Gasteiger partial charge in [0.2, 0.25) is 0 Å². The molecule has 2 aromatic carbocycles. The Labute approximate surface area is 251 Å². The molecule has 0 radical (unpaired) electrons. The van der Waals surface area contributed by atoms with Gasteiger partial charge in [-0.1, -0.05) is 6.92 Å². The molecule has 43 heavy (non-hydrogen) atoms. The molecule has 11 nitrogen and oxygen atoms in total. The third-order valence-electron chi connectivity index (χ3n) is 8.09. The van der Waals surface area contributed by atoms with Crippen molar-refractivity contribution in [2.75, 3.05) is 69.7 Å². The molecule has 0 spiro atoms. The van der Waals surface area contributed by atoms with E-state index in [0.29, 0.717) is 84.2 Å². The normalized spacial score (nSPS) is 15.4. The number of anilines is 2. The lowest BCUT2D eigenvalue weighted by Crippen LogP contribution is -2.50. The molecule has 3 aromatic rings. The van der Waals surface area contributed by atoms with Crippen molar-refractivity contribution in [3.05, 3.63) is 53.2 Å². The van der Waals surface area contributed by atoms with Gasteiger partial charge in [0, 0.05) is 49.9 Å². The number of aromatic nitrogens is 1. The van der Waals surface area contributed by atoms with Crippen molar-refractivity contribution in [1.82, 2.24) is 14.8 Å². The monoisotopic (exact) mass is 586 g/mol. The number of hydrogen-bond donors (Lipinski definition) is 2. The summed E-state index contributed by atoms with van der Waals surface area (Å²) in [7, 11) is 1.58. The van der Waals surface area contributed by atoms with Crippen LogP contribution in [0.2, 0.25) is 0 Å². The molecule has 2 fully saturated rings. The van der Waals surface area contributed by atoms with Gasteiger partial charge in [-0.05, 0) is 69.1 Å². The molecule has 1 aromatic heterocycles. The second-order valence-corrected chi connectivity index (χ2v) is 10.8. The number of urea groups is 1. The summed E-state index contributed by atoms with van der Waals surface area (Å²) in [6.45, 7) is 7.43. The van der Waals surface area contributed by atoms with Crippen LogP contribution in [0.5, 0.6) is 11.5 Å². The van der Waals surface area contributed by atoms with Gasteiger partial charge in [0.15, 0.2) is 11.5 Å². The number of nitrogens with zero attached hydrogens (tertiary/aromatic N) is 5. The summed E-state index contributed by atoms with van der Waals surface area (Å²) in [5.74, 6) is 0.0745. The van der Waals surface area contributed by atoms with Gasteiger partial charge in [-0.3, -0.25) is 4.98 Å². The predicted octanol–water partition coefficient (Wildman–Crippen LogP) is 4.59. The molecule has 0 saturated carbocycles. The minimum absolute atomic E-state index is 0.173. The van der Waals surface area contributed by atoms with Crippen LogP contribution >= 0.6 is 0 Å². The fourth-order valence-corrected chi connectivity index (χ4v) is 5.83. The second-order valence-electron chi connectivity index (χ2n) is 10.8. The Kier molecular flexibility index (Phi) is 9.47. The quantitative estimate of drug-likeness (QED) is 0.327. The first kappa shape index (κ1) is 29.9. The first-order chi connectivity index (χ1) is 20.9. The molecule has 226 valence electrons. The van der Waals surface area contributed by atoms with Gasteiger partial charge in [-0.15, -0.1) is 0 Å². The van der Waals surface area contributed by atoms with E-state index in [2.05, 4.69) is 16.3 Å². The van der Waals surface area contributed by atoms with Crippen molar-refractivity contribution in [3.8, 4) is 17.6 Å². The molecule has 2 aliphatic rings. The number of likely N-dealkylation sites (tertiary alicyclic amines) is 1. The fraction of sp³-hybridized carbons (Fsp3) is 0.438. The zero-order chi connectivity index (χ0) is 30.3. The van der Waals surface area contributed by atoms with E-state index < -0.39 is 5.97 Å². The molecule has 3 heterocycles. The van der Waals surface area contributed by atoms with Crippen LogP contribution in [-0.2, 0) is 6.42 Å². The molecule has 0 aliphatic carbocycles. The summed E-state index contributed by atoms with van der Waals surface area (Å²) in [5.41, 5.74) is 3.03. The summed E-state index contributed by atoms with van der Waals surface area (Å²) in [6.07, 6.45) is 3.87. The van der Waals surface area contributed by atoms with Crippen molar-refractivity contribution in [2.45, 2.75) is 32.6 Å². The highest BCUT2D eigenvalue weighted by Crippen LogP contribution is 2.39. The fourth-order valence-electron chi connectivity index (χ4n) is 5.83. The van der Waals surface area contributed by atoms with Crippen LogP contribution in [0, 0.1) is 11.3 Å². The molecular formula is C32H38N6O5. The number of methoxy groups -OCH3 is 1. The highest BCUT2D eigenvalue weighted by atomic mass is 16.5. The van der Waals surface area contributed by atoms with E-state index in [1.54, 1.807) is 36.3 Å². The van der Waals surface area contributed by atoms with Crippen LogP contribution < -0.4 is 19.7 Å². The van der Waals surface area contributed by atoms with Crippen LogP contribution in [0.25, 0.3) is 10.9 Å². The van der Waals surface area contributed by atoms with E-state index in [1.807, 2.05) is 24.0 Å². The number of carboxylic acids is 1.